The first-order valence-electron chi connectivity index (χ1n) is 6.76. The molecule has 3 nitrogen and oxygen atoms in total. The highest BCUT2D eigenvalue weighted by atomic mass is 16.3. The summed E-state index contributed by atoms with van der Waals surface area (Å²) in [6, 6.07) is 11.8. The van der Waals surface area contributed by atoms with Crippen molar-refractivity contribution >= 4 is 0 Å². The number of hydrogen-bond acceptors (Lipinski definition) is 2. The van der Waals surface area contributed by atoms with Gasteiger partial charge in [0.1, 0.15) is 6.10 Å². The second-order valence-corrected chi connectivity index (χ2v) is 5.46. The molecule has 0 amide bonds. The number of benzene rings is 1. The Morgan fingerprint density at radius 2 is 1.74 bits per heavy atom. The van der Waals surface area contributed by atoms with Crippen molar-refractivity contribution < 1.29 is 5.11 Å². The maximum absolute atomic E-state index is 10.7. The molecule has 1 aromatic carbocycles. The van der Waals surface area contributed by atoms with Crippen LogP contribution in [0.4, 0.5) is 0 Å². The van der Waals surface area contributed by atoms with E-state index in [1.165, 1.54) is 0 Å². The van der Waals surface area contributed by atoms with Gasteiger partial charge in [-0.1, -0.05) is 44.2 Å². The molecule has 0 spiro atoms. The van der Waals surface area contributed by atoms with Crippen molar-refractivity contribution in [3.8, 4) is 0 Å². The molecule has 0 bridgehead atoms. The Morgan fingerprint density at radius 3 is 2.21 bits per heavy atom. The van der Waals surface area contributed by atoms with Crippen LogP contribution in [-0.2, 0) is 0 Å². The highest BCUT2D eigenvalue weighted by Gasteiger charge is 2.27. The summed E-state index contributed by atoms with van der Waals surface area (Å²) in [7, 11) is 0. The van der Waals surface area contributed by atoms with E-state index >= 15 is 0 Å². The third-order valence-electron chi connectivity index (χ3n) is 3.47. The first-order valence-corrected chi connectivity index (χ1v) is 6.76. The van der Waals surface area contributed by atoms with Crippen molar-refractivity contribution in [1.29, 1.82) is 0 Å². The zero-order valence-electron chi connectivity index (χ0n) is 12.0. The molecule has 1 aromatic heterocycles. The molecule has 2 rings (SSSR count). The van der Waals surface area contributed by atoms with Gasteiger partial charge in [-0.2, -0.15) is 5.10 Å². The molecule has 3 heteroatoms. The van der Waals surface area contributed by atoms with Gasteiger partial charge in [0.2, 0.25) is 0 Å². The molecule has 2 atom stereocenters. The standard InChI is InChI=1S/C16H22N2O/c1-11(2)15(18-13(4)10-12(3)17-18)16(19)14-8-6-5-7-9-14/h5-11,15-16,19H,1-4H3. The third kappa shape index (κ3) is 2.87. The molecule has 1 N–H and O–H groups in total. The van der Waals surface area contributed by atoms with Crippen LogP contribution in [0.5, 0.6) is 0 Å². The minimum atomic E-state index is -0.542. The summed E-state index contributed by atoms with van der Waals surface area (Å²) < 4.78 is 1.96. The van der Waals surface area contributed by atoms with Gasteiger partial charge in [-0.05, 0) is 31.4 Å². The molecule has 0 aliphatic heterocycles. The lowest BCUT2D eigenvalue weighted by Crippen LogP contribution is -2.25. The fourth-order valence-corrected chi connectivity index (χ4v) is 2.58. The van der Waals surface area contributed by atoms with E-state index in [1.807, 2.05) is 54.9 Å². The number of hydrogen-bond donors (Lipinski definition) is 1. The molecule has 0 fully saturated rings. The third-order valence-corrected chi connectivity index (χ3v) is 3.47. The maximum Gasteiger partial charge on any atom is 0.102 e. The quantitative estimate of drug-likeness (QED) is 0.912. The topological polar surface area (TPSA) is 38.0 Å². The molecule has 0 aliphatic carbocycles. The molecule has 0 saturated heterocycles. The van der Waals surface area contributed by atoms with E-state index in [2.05, 4.69) is 18.9 Å². The lowest BCUT2D eigenvalue weighted by molar-refractivity contribution is 0.0786. The van der Waals surface area contributed by atoms with Crippen LogP contribution in [0.3, 0.4) is 0 Å². The zero-order chi connectivity index (χ0) is 14.0. The maximum atomic E-state index is 10.7. The predicted octanol–water partition coefficient (Wildman–Crippen LogP) is 3.43. The van der Waals surface area contributed by atoms with Crippen LogP contribution in [0.15, 0.2) is 36.4 Å². The molecule has 1 heterocycles. The van der Waals surface area contributed by atoms with Gasteiger partial charge in [0, 0.05) is 5.69 Å². The average Bonchev–Trinajstić information content (AvgIpc) is 2.69. The molecule has 102 valence electrons. The van der Waals surface area contributed by atoms with Gasteiger partial charge in [0.25, 0.3) is 0 Å². The minimum Gasteiger partial charge on any atom is -0.386 e. The number of rotatable bonds is 4. The largest absolute Gasteiger partial charge is 0.386 e. The van der Waals surface area contributed by atoms with Gasteiger partial charge in [-0.25, -0.2) is 0 Å². The van der Waals surface area contributed by atoms with Crippen LogP contribution >= 0.6 is 0 Å². The fourth-order valence-electron chi connectivity index (χ4n) is 2.58. The summed E-state index contributed by atoms with van der Waals surface area (Å²) in [6.07, 6.45) is -0.542. The van der Waals surface area contributed by atoms with Gasteiger partial charge >= 0.3 is 0 Å². The van der Waals surface area contributed by atoms with Gasteiger partial charge in [-0.3, -0.25) is 4.68 Å². The molecule has 2 unspecified atom stereocenters. The summed E-state index contributed by atoms with van der Waals surface area (Å²) in [6.45, 7) is 8.25. The molecule has 0 aliphatic rings. The fraction of sp³-hybridized carbons (Fsp3) is 0.438. The van der Waals surface area contributed by atoms with Crippen molar-refractivity contribution in [3.63, 3.8) is 0 Å². The highest BCUT2D eigenvalue weighted by molar-refractivity contribution is 5.19. The molecule has 2 aromatic rings. The van der Waals surface area contributed by atoms with Crippen LogP contribution in [0.25, 0.3) is 0 Å². The van der Waals surface area contributed by atoms with E-state index in [-0.39, 0.29) is 6.04 Å². The summed E-state index contributed by atoms with van der Waals surface area (Å²) in [4.78, 5) is 0. The van der Waals surface area contributed by atoms with Gasteiger partial charge in [0.15, 0.2) is 0 Å². The number of aliphatic hydroxyl groups excluding tert-OH is 1. The van der Waals surface area contributed by atoms with E-state index in [1.54, 1.807) is 0 Å². The van der Waals surface area contributed by atoms with Gasteiger partial charge < -0.3 is 5.11 Å². The molecule has 19 heavy (non-hydrogen) atoms. The molecular weight excluding hydrogens is 236 g/mol. The van der Waals surface area contributed by atoms with E-state index in [0.29, 0.717) is 5.92 Å². The Kier molecular flexibility index (Phi) is 4.05. The smallest absolute Gasteiger partial charge is 0.102 e. The van der Waals surface area contributed by atoms with Crippen molar-refractivity contribution in [2.45, 2.75) is 39.8 Å². The van der Waals surface area contributed by atoms with Gasteiger partial charge in [0.05, 0.1) is 11.7 Å². The Bertz CT molecular complexity index is 531. The Balaban J connectivity index is 2.39. The summed E-state index contributed by atoms with van der Waals surface area (Å²) in [5.74, 6) is 0.299. The Hall–Kier alpha value is -1.61. The number of aliphatic hydroxyl groups is 1. The van der Waals surface area contributed by atoms with E-state index in [0.717, 1.165) is 17.0 Å². The highest BCUT2D eigenvalue weighted by Crippen LogP contribution is 2.33. The lowest BCUT2D eigenvalue weighted by Gasteiger charge is -2.28. The zero-order valence-corrected chi connectivity index (χ0v) is 12.0. The Morgan fingerprint density at radius 1 is 1.11 bits per heavy atom. The van der Waals surface area contributed by atoms with Crippen LogP contribution < -0.4 is 0 Å². The van der Waals surface area contributed by atoms with Crippen molar-refractivity contribution in [3.05, 3.63) is 53.3 Å². The van der Waals surface area contributed by atoms with E-state index in [4.69, 9.17) is 0 Å². The summed E-state index contributed by atoms with van der Waals surface area (Å²) >= 11 is 0. The van der Waals surface area contributed by atoms with Crippen LogP contribution in [0.1, 0.15) is 42.9 Å². The van der Waals surface area contributed by atoms with Crippen molar-refractivity contribution in [2.75, 3.05) is 0 Å². The normalized spacial score (nSPS) is 14.6. The number of aryl methyl sites for hydroxylation is 2. The monoisotopic (exact) mass is 258 g/mol. The second kappa shape index (κ2) is 5.57. The summed E-state index contributed by atoms with van der Waals surface area (Å²) in [5, 5.41) is 15.2. The van der Waals surface area contributed by atoms with Crippen molar-refractivity contribution in [1.82, 2.24) is 9.78 Å². The average molecular weight is 258 g/mol. The SMILES string of the molecule is Cc1cc(C)n(C(C(C)C)C(O)c2ccccc2)n1. The first kappa shape index (κ1) is 13.8. The van der Waals surface area contributed by atoms with E-state index < -0.39 is 6.10 Å². The first-order chi connectivity index (χ1) is 9.00. The minimum absolute atomic E-state index is 0.0453. The number of aromatic nitrogens is 2. The Labute approximate surface area is 114 Å². The van der Waals surface area contributed by atoms with Crippen LogP contribution in [-0.4, -0.2) is 14.9 Å². The van der Waals surface area contributed by atoms with Crippen LogP contribution in [0.2, 0.25) is 0 Å². The molecular formula is C16H22N2O. The van der Waals surface area contributed by atoms with Crippen molar-refractivity contribution in [2.24, 2.45) is 5.92 Å². The lowest BCUT2D eigenvalue weighted by atomic mass is 9.93. The second-order valence-electron chi connectivity index (χ2n) is 5.46. The number of nitrogens with zero attached hydrogens (tertiary/aromatic N) is 2. The van der Waals surface area contributed by atoms with Crippen LogP contribution in [0, 0.1) is 19.8 Å². The predicted molar refractivity (Wildman–Crippen MR) is 77.0 cm³/mol. The van der Waals surface area contributed by atoms with E-state index in [9.17, 15) is 5.11 Å². The molecule has 0 saturated carbocycles. The molecule has 0 radical (unpaired) electrons. The van der Waals surface area contributed by atoms with Gasteiger partial charge in [-0.15, -0.1) is 0 Å². The summed E-state index contributed by atoms with van der Waals surface area (Å²) in [5.41, 5.74) is 3.02.